The van der Waals surface area contributed by atoms with Crippen molar-refractivity contribution in [3.05, 3.63) is 11.8 Å². The van der Waals surface area contributed by atoms with Crippen molar-refractivity contribution in [2.75, 3.05) is 33.4 Å². The number of ether oxygens (including phenoxy) is 2. The topological polar surface area (TPSA) is 21.7 Å². The molecule has 3 heteroatoms. The van der Waals surface area contributed by atoms with E-state index < -0.39 is 0 Å². The Kier molecular flexibility index (Phi) is 2.25. The molecule has 0 amide bonds. The summed E-state index contributed by atoms with van der Waals surface area (Å²) in [6.45, 7) is 4.13. The third kappa shape index (κ3) is 1.26. The minimum Gasteiger partial charge on any atom is -0.501 e. The molecule has 2 aliphatic heterocycles. The van der Waals surface area contributed by atoms with Crippen molar-refractivity contribution in [1.82, 2.24) is 4.90 Å². The molecule has 84 valence electrons. The van der Waals surface area contributed by atoms with E-state index >= 15 is 0 Å². The van der Waals surface area contributed by atoms with Gasteiger partial charge in [0.1, 0.15) is 0 Å². The zero-order chi connectivity index (χ0) is 10.3. The van der Waals surface area contributed by atoms with Crippen LogP contribution in [0.5, 0.6) is 0 Å². The van der Waals surface area contributed by atoms with E-state index in [4.69, 9.17) is 9.47 Å². The number of methoxy groups -OCH3 is 1. The van der Waals surface area contributed by atoms with E-state index in [-0.39, 0.29) is 5.54 Å². The van der Waals surface area contributed by atoms with Gasteiger partial charge in [-0.1, -0.05) is 0 Å². The van der Waals surface area contributed by atoms with Gasteiger partial charge in [0.25, 0.3) is 0 Å². The highest BCUT2D eigenvalue weighted by Crippen LogP contribution is 2.47. The van der Waals surface area contributed by atoms with Crippen LogP contribution in [0.1, 0.15) is 19.3 Å². The zero-order valence-electron chi connectivity index (χ0n) is 9.37. The Morgan fingerprint density at radius 3 is 3.33 bits per heavy atom. The summed E-state index contributed by atoms with van der Waals surface area (Å²) >= 11 is 0. The number of nitrogens with zero attached hydrogens (tertiary/aromatic N) is 1. The first-order valence-electron chi connectivity index (χ1n) is 5.94. The van der Waals surface area contributed by atoms with Crippen LogP contribution in [-0.2, 0) is 9.47 Å². The number of hydrogen-bond donors (Lipinski definition) is 0. The first-order valence-corrected chi connectivity index (χ1v) is 5.94. The summed E-state index contributed by atoms with van der Waals surface area (Å²) in [6.07, 6.45) is 5.95. The molecule has 0 unspecified atom stereocenters. The van der Waals surface area contributed by atoms with Gasteiger partial charge in [-0.25, -0.2) is 0 Å². The minimum atomic E-state index is 0.252. The molecule has 0 aromatic heterocycles. The summed E-state index contributed by atoms with van der Waals surface area (Å²) in [5.41, 5.74) is 0.252. The Hall–Kier alpha value is -0.540. The molecule has 15 heavy (non-hydrogen) atoms. The smallest absolute Gasteiger partial charge is 0.0966 e. The Morgan fingerprint density at radius 1 is 1.53 bits per heavy atom. The van der Waals surface area contributed by atoms with Crippen LogP contribution < -0.4 is 0 Å². The SMILES string of the molecule is COC1=CC[C@]23COCCN2CCC[C@H]13. The summed E-state index contributed by atoms with van der Waals surface area (Å²) in [5, 5.41) is 0. The minimum absolute atomic E-state index is 0.252. The second-order valence-corrected chi connectivity index (χ2v) is 4.85. The zero-order valence-corrected chi connectivity index (χ0v) is 9.37. The number of morpholine rings is 1. The lowest BCUT2D eigenvalue weighted by molar-refractivity contribution is -0.107. The number of piperidine rings is 1. The van der Waals surface area contributed by atoms with Crippen LogP contribution in [-0.4, -0.2) is 43.9 Å². The average molecular weight is 209 g/mol. The third-order valence-corrected chi connectivity index (χ3v) is 4.29. The van der Waals surface area contributed by atoms with Crippen molar-refractivity contribution in [3.63, 3.8) is 0 Å². The normalized spacial score (nSPS) is 40.6. The van der Waals surface area contributed by atoms with Crippen LogP contribution in [0.4, 0.5) is 0 Å². The Morgan fingerprint density at radius 2 is 2.47 bits per heavy atom. The average Bonchev–Trinajstić information content (AvgIpc) is 2.65. The van der Waals surface area contributed by atoms with Crippen LogP contribution in [0.15, 0.2) is 11.8 Å². The van der Waals surface area contributed by atoms with Crippen LogP contribution in [0.2, 0.25) is 0 Å². The van der Waals surface area contributed by atoms with Gasteiger partial charge in [-0.2, -0.15) is 0 Å². The molecular weight excluding hydrogens is 190 g/mol. The van der Waals surface area contributed by atoms with E-state index in [1.807, 2.05) is 0 Å². The highest BCUT2D eigenvalue weighted by molar-refractivity contribution is 5.22. The maximum atomic E-state index is 5.71. The molecule has 2 saturated heterocycles. The van der Waals surface area contributed by atoms with Crippen LogP contribution in [0.3, 0.4) is 0 Å². The van der Waals surface area contributed by atoms with E-state index in [1.165, 1.54) is 25.1 Å². The van der Waals surface area contributed by atoms with Crippen LogP contribution >= 0.6 is 0 Å². The monoisotopic (exact) mass is 209 g/mol. The summed E-state index contributed by atoms with van der Waals surface area (Å²) in [5.74, 6) is 1.78. The van der Waals surface area contributed by atoms with Crippen LogP contribution in [0.25, 0.3) is 0 Å². The van der Waals surface area contributed by atoms with E-state index in [9.17, 15) is 0 Å². The van der Waals surface area contributed by atoms with Gasteiger partial charge in [0.05, 0.1) is 31.6 Å². The fourth-order valence-electron chi connectivity index (χ4n) is 3.53. The molecule has 3 nitrogen and oxygen atoms in total. The van der Waals surface area contributed by atoms with Gasteiger partial charge in [0.2, 0.25) is 0 Å². The van der Waals surface area contributed by atoms with Crippen molar-refractivity contribution in [2.24, 2.45) is 5.92 Å². The predicted molar refractivity (Wildman–Crippen MR) is 57.6 cm³/mol. The Labute approximate surface area is 91.0 Å². The predicted octanol–water partition coefficient (Wildman–Crippen LogP) is 1.40. The lowest BCUT2D eigenvalue weighted by Crippen LogP contribution is -2.62. The Balaban J connectivity index is 1.90. The molecule has 0 bridgehead atoms. The molecule has 3 aliphatic rings. The first-order chi connectivity index (χ1) is 7.37. The van der Waals surface area contributed by atoms with Crippen molar-refractivity contribution in [3.8, 4) is 0 Å². The van der Waals surface area contributed by atoms with Crippen molar-refractivity contribution in [1.29, 1.82) is 0 Å². The largest absolute Gasteiger partial charge is 0.501 e. The molecule has 2 heterocycles. The molecular formula is C12H19NO2. The Bertz CT molecular complexity index is 287. The quantitative estimate of drug-likeness (QED) is 0.651. The van der Waals surface area contributed by atoms with Crippen molar-refractivity contribution < 1.29 is 9.47 Å². The van der Waals surface area contributed by atoms with E-state index in [2.05, 4.69) is 11.0 Å². The van der Waals surface area contributed by atoms with Crippen molar-refractivity contribution >= 4 is 0 Å². The van der Waals surface area contributed by atoms with Gasteiger partial charge < -0.3 is 9.47 Å². The molecule has 3 rings (SSSR count). The molecule has 0 radical (unpaired) electrons. The van der Waals surface area contributed by atoms with Gasteiger partial charge in [0.15, 0.2) is 0 Å². The van der Waals surface area contributed by atoms with Crippen LogP contribution in [0, 0.1) is 5.92 Å². The molecule has 0 aromatic carbocycles. The maximum Gasteiger partial charge on any atom is 0.0966 e. The molecule has 2 atom stereocenters. The molecule has 0 aromatic rings. The standard InChI is InChI=1S/C12H19NO2/c1-14-11-4-5-12-9-15-8-7-13(12)6-2-3-10(11)12/h4,10H,2-3,5-9H2,1H3/t10-,12-/m1/s1. The third-order valence-electron chi connectivity index (χ3n) is 4.29. The number of rotatable bonds is 1. The fraction of sp³-hybridized carbons (Fsp3) is 0.833. The second kappa shape index (κ2) is 3.49. The first kappa shape index (κ1) is 9.67. The van der Waals surface area contributed by atoms with Crippen molar-refractivity contribution in [2.45, 2.75) is 24.8 Å². The highest BCUT2D eigenvalue weighted by Gasteiger charge is 2.52. The lowest BCUT2D eigenvalue weighted by Gasteiger charge is -2.51. The maximum absolute atomic E-state index is 5.71. The van der Waals surface area contributed by atoms with E-state index in [0.29, 0.717) is 5.92 Å². The molecule has 2 fully saturated rings. The summed E-state index contributed by atoms with van der Waals surface area (Å²) in [7, 11) is 1.80. The van der Waals surface area contributed by atoms with Gasteiger partial charge in [-0.3, -0.25) is 4.90 Å². The van der Waals surface area contributed by atoms with E-state index in [1.54, 1.807) is 7.11 Å². The highest BCUT2D eigenvalue weighted by atomic mass is 16.5. The summed E-state index contributed by atoms with van der Waals surface area (Å²) in [6, 6.07) is 0. The molecule has 1 spiro atoms. The van der Waals surface area contributed by atoms with E-state index in [0.717, 1.165) is 26.2 Å². The second-order valence-electron chi connectivity index (χ2n) is 4.85. The summed E-state index contributed by atoms with van der Waals surface area (Å²) < 4.78 is 11.2. The van der Waals surface area contributed by atoms with Gasteiger partial charge in [0, 0.05) is 12.5 Å². The fourth-order valence-corrected chi connectivity index (χ4v) is 3.53. The summed E-state index contributed by atoms with van der Waals surface area (Å²) in [4.78, 5) is 2.63. The lowest BCUT2D eigenvalue weighted by atomic mass is 9.77. The molecule has 1 aliphatic carbocycles. The molecule has 0 saturated carbocycles. The van der Waals surface area contributed by atoms with Gasteiger partial charge >= 0.3 is 0 Å². The van der Waals surface area contributed by atoms with Gasteiger partial charge in [-0.05, 0) is 31.9 Å². The number of hydrogen-bond acceptors (Lipinski definition) is 3. The molecule has 0 N–H and O–H groups in total. The van der Waals surface area contributed by atoms with Gasteiger partial charge in [-0.15, -0.1) is 0 Å².